The molecule has 1 saturated heterocycles. The first-order valence-corrected chi connectivity index (χ1v) is 11.4. The summed E-state index contributed by atoms with van der Waals surface area (Å²) in [5.74, 6) is -0.419. The van der Waals surface area contributed by atoms with Gasteiger partial charge in [-0.2, -0.15) is 0 Å². The number of benzene rings is 1. The number of anilines is 1. The number of thiophene rings is 1. The van der Waals surface area contributed by atoms with Crippen LogP contribution in [0.15, 0.2) is 46.7 Å². The molecule has 0 aliphatic carbocycles. The molecule has 2 amide bonds. The maximum Gasteiger partial charge on any atom is 0.263 e. The summed E-state index contributed by atoms with van der Waals surface area (Å²) in [5, 5.41) is 4.70. The number of sulfone groups is 1. The van der Waals surface area contributed by atoms with Crippen LogP contribution in [0, 0.1) is 5.92 Å². The second kappa shape index (κ2) is 8.22. The summed E-state index contributed by atoms with van der Waals surface area (Å²) in [6, 6.07) is 9.83. The highest BCUT2D eigenvalue weighted by atomic mass is 32.2. The molecule has 1 aliphatic heterocycles. The van der Waals surface area contributed by atoms with Crippen molar-refractivity contribution in [3.8, 4) is 0 Å². The van der Waals surface area contributed by atoms with Gasteiger partial charge in [-0.1, -0.05) is 13.0 Å². The van der Waals surface area contributed by atoms with E-state index in [0.29, 0.717) is 23.7 Å². The van der Waals surface area contributed by atoms with E-state index >= 15 is 0 Å². The van der Waals surface area contributed by atoms with Crippen LogP contribution in [0.25, 0.3) is 0 Å². The molecule has 1 aromatic carbocycles. The molecule has 27 heavy (non-hydrogen) atoms. The van der Waals surface area contributed by atoms with Crippen LogP contribution >= 0.6 is 11.3 Å². The summed E-state index contributed by atoms with van der Waals surface area (Å²) in [5.41, 5.74) is 0.553. The van der Waals surface area contributed by atoms with Gasteiger partial charge in [0.05, 0.1) is 21.4 Å². The van der Waals surface area contributed by atoms with Crippen molar-refractivity contribution in [1.29, 1.82) is 0 Å². The van der Waals surface area contributed by atoms with E-state index in [9.17, 15) is 18.0 Å². The fourth-order valence-electron chi connectivity index (χ4n) is 3.09. The predicted molar refractivity (Wildman–Crippen MR) is 106 cm³/mol. The first kappa shape index (κ1) is 19.6. The van der Waals surface area contributed by atoms with Gasteiger partial charge in [0, 0.05) is 18.8 Å². The highest BCUT2D eigenvalue weighted by molar-refractivity contribution is 7.91. The molecule has 3 rings (SSSR count). The quantitative estimate of drug-likeness (QED) is 0.827. The van der Waals surface area contributed by atoms with Crippen LogP contribution in [-0.4, -0.2) is 44.0 Å². The zero-order valence-electron chi connectivity index (χ0n) is 15.1. The number of hydrogen-bond donors (Lipinski definition) is 1. The van der Waals surface area contributed by atoms with Crippen molar-refractivity contribution in [2.75, 3.05) is 24.2 Å². The summed E-state index contributed by atoms with van der Waals surface area (Å²) < 4.78 is 23.7. The number of piperidine rings is 1. The van der Waals surface area contributed by atoms with Crippen LogP contribution in [0.3, 0.4) is 0 Å². The van der Waals surface area contributed by atoms with Crippen LogP contribution in [-0.2, 0) is 14.6 Å². The topological polar surface area (TPSA) is 83.6 Å². The minimum absolute atomic E-state index is 0.0309. The number of nitrogens with one attached hydrogen (secondary N) is 1. The number of nitrogens with zero attached hydrogens (tertiary/aromatic N) is 1. The van der Waals surface area contributed by atoms with Crippen molar-refractivity contribution in [3.05, 3.63) is 46.7 Å². The molecule has 1 unspecified atom stereocenters. The van der Waals surface area contributed by atoms with Crippen molar-refractivity contribution < 1.29 is 18.0 Å². The first-order chi connectivity index (χ1) is 12.9. The smallest absolute Gasteiger partial charge is 0.263 e. The number of rotatable bonds is 5. The molecule has 1 atom stereocenters. The maximum absolute atomic E-state index is 12.6. The maximum atomic E-state index is 12.6. The minimum Gasteiger partial charge on any atom is -0.337 e. The van der Waals surface area contributed by atoms with Gasteiger partial charge in [-0.25, -0.2) is 8.42 Å². The fourth-order valence-corrected chi connectivity index (χ4v) is 4.66. The summed E-state index contributed by atoms with van der Waals surface area (Å²) in [7, 11) is -3.26. The van der Waals surface area contributed by atoms with Crippen LogP contribution in [0.2, 0.25) is 0 Å². The minimum atomic E-state index is -3.26. The van der Waals surface area contributed by atoms with Crippen molar-refractivity contribution in [1.82, 2.24) is 4.90 Å². The Balaban J connectivity index is 1.63. The Morgan fingerprint density at radius 3 is 2.59 bits per heavy atom. The van der Waals surface area contributed by atoms with Gasteiger partial charge in [0.25, 0.3) is 5.91 Å². The number of amides is 2. The molecule has 0 bridgehead atoms. The Morgan fingerprint density at radius 1 is 1.22 bits per heavy atom. The molecule has 1 aromatic heterocycles. The molecule has 2 aromatic rings. The first-order valence-electron chi connectivity index (χ1n) is 8.87. The van der Waals surface area contributed by atoms with E-state index in [0.717, 1.165) is 12.8 Å². The summed E-state index contributed by atoms with van der Waals surface area (Å²) >= 11 is 1.40. The Morgan fingerprint density at radius 2 is 1.96 bits per heavy atom. The lowest BCUT2D eigenvalue weighted by molar-refractivity contribution is -0.121. The molecule has 0 saturated carbocycles. The molecule has 1 fully saturated rings. The number of hydrogen-bond acceptors (Lipinski definition) is 5. The third kappa shape index (κ3) is 4.56. The fraction of sp³-hybridized carbons (Fsp3) is 0.368. The zero-order valence-corrected chi connectivity index (χ0v) is 16.7. The molecular formula is C19H22N2O4S2. The predicted octanol–water partition coefficient (Wildman–Crippen LogP) is 3.03. The average Bonchev–Trinajstić information content (AvgIpc) is 3.22. The Bertz CT molecular complexity index is 906. The normalized spacial score (nSPS) is 17.5. The summed E-state index contributed by atoms with van der Waals surface area (Å²) in [4.78, 5) is 27.8. The monoisotopic (exact) mass is 406 g/mol. The SMILES string of the molecule is CCS(=O)(=O)c1ccc(NC(=O)C2CCCN(C(=O)c3cccs3)C2)cc1. The van der Waals surface area contributed by atoms with Crippen molar-refractivity contribution >= 4 is 38.7 Å². The largest absolute Gasteiger partial charge is 0.337 e. The van der Waals surface area contributed by atoms with Gasteiger partial charge in [0.15, 0.2) is 9.84 Å². The lowest BCUT2D eigenvalue weighted by Gasteiger charge is -2.31. The average molecular weight is 407 g/mol. The zero-order chi connectivity index (χ0) is 19.4. The summed E-state index contributed by atoms with van der Waals surface area (Å²) in [6.07, 6.45) is 1.51. The standard InChI is InChI=1S/C19H22N2O4S2/c1-2-27(24,25)16-9-7-15(8-10-16)20-18(22)14-5-3-11-21(13-14)19(23)17-6-4-12-26-17/h4,6-10,12,14H,2-3,5,11,13H2,1H3,(H,20,22). The van der Waals surface area contributed by atoms with Gasteiger partial charge in [-0.15, -0.1) is 11.3 Å². The third-order valence-corrected chi connectivity index (χ3v) is 7.28. The third-order valence-electron chi connectivity index (χ3n) is 4.67. The van der Waals surface area contributed by atoms with Gasteiger partial charge in [0.2, 0.25) is 5.91 Å². The molecule has 0 radical (unpaired) electrons. The van der Waals surface area contributed by atoms with E-state index < -0.39 is 9.84 Å². The number of carbonyl (C=O) groups is 2. The van der Waals surface area contributed by atoms with Crippen LogP contribution < -0.4 is 5.32 Å². The van der Waals surface area contributed by atoms with Gasteiger partial charge in [0.1, 0.15) is 0 Å². The summed E-state index contributed by atoms with van der Waals surface area (Å²) in [6.45, 7) is 2.65. The van der Waals surface area contributed by atoms with E-state index in [2.05, 4.69) is 5.32 Å². The number of carbonyl (C=O) groups excluding carboxylic acids is 2. The van der Waals surface area contributed by atoms with E-state index in [-0.39, 0.29) is 28.4 Å². The molecule has 144 valence electrons. The Kier molecular flexibility index (Phi) is 5.96. The molecule has 2 heterocycles. The van der Waals surface area contributed by atoms with Crippen molar-refractivity contribution in [2.24, 2.45) is 5.92 Å². The van der Waals surface area contributed by atoms with Gasteiger partial charge in [-0.3, -0.25) is 9.59 Å². The van der Waals surface area contributed by atoms with Gasteiger partial charge >= 0.3 is 0 Å². The van der Waals surface area contributed by atoms with Crippen LogP contribution in [0.4, 0.5) is 5.69 Å². The van der Waals surface area contributed by atoms with E-state index in [1.54, 1.807) is 30.0 Å². The molecule has 0 spiro atoms. The lowest BCUT2D eigenvalue weighted by Crippen LogP contribution is -2.43. The van der Waals surface area contributed by atoms with Crippen molar-refractivity contribution in [2.45, 2.75) is 24.7 Å². The highest BCUT2D eigenvalue weighted by Gasteiger charge is 2.29. The number of likely N-dealkylation sites (tertiary alicyclic amines) is 1. The van der Waals surface area contributed by atoms with Crippen LogP contribution in [0.1, 0.15) is 29.4 Å². The van der Waals surface area contributed by atoms with E-state index in [1.165, 1.54) is 23.5 Å². The molecule has 8 heteroatoms. The van der Waals surface area contributed by atoms with Crippen molar-refractivity contribution in [3.63, 3.8) is 0 Å². The van der Waals surface area contributed by atoms with Gasteiger partial charge in [-0.05, 0) is 48.6 Å². The Hall–Kier alpha value is -2.19. The molecule has 1 N–H and O–H groups in total. The highest BCUT2D eigenvalue weighted by Crippen LogP contribution is 2.22. The molecule has 1 aliphatic rings. The van der Waals surface area contributed by atoms with Gasteiger partial charge < -0.3 is 10.2 Å². The second-order valence-corrected chi connectivity index (χ2v) is 9.71. The molecular weight excluding hydrogens is 384 g/mol. The second-order valence-electron chi connectivity index (χ2n) is 6.48. The van der Waals surface area contributed by atoms with E-state index in [4.69, 9.17) is 0 Å². The molecule has 6 nitrogen and oxygen atoms in total. The van der Waals surface area contributed by atoms with Crippen LogP contribution in [0.5, 0.6) is 0 Å². The van der Waals surface area contributed by atoms with E-state index in [1.807, 2.05) is 11.4 Å². The lowest BCUT2D eigenvalue weighted by atomic mass is 9.97. The Labute approximate surface area is 163 Å².